The van der Waals surface area contributed by atoms with Gasteiger partial charge in [-0.25, -0.2) is 4.98 Å². The Morgan fingerprint density at radius 2 is 1.94 bits per heavy atom. The van der Waals surface area contributed by atoms with Crippen molar-refractivity contribution >= 4 is 5.91 Å². The largest absolute Gasteiger partial charge is 0.446 e. The van der Waals surface area contributed by atoms with Crippen LogP contribution >= 0.6 is 0 Å². The Bertz CT molecular complexity index is 321. The standard InChI is InChI=1S/C8H10N2O2.2C2H6/c1-5-7-6(12-4-9-7)3-10(2)8(5)11;2*1-2/h4-5H,3H2,1-2H3;2*1-2H3. The minimum atomic E-state index is -0.155. The lowest BCUT2D eigenvalue weighted by Gasteiger charge is -2.24. The SMILES string of the molecule is CC.CC.CC1C(=O)N(C)Cc2ocnc21. The number of carbonyl (C=O) groups is 1. The Balaban J connectivity index is 0.000000509. The van der Waals surface area contributed by atoms with Crippen LogP contribution in [0.5, 0.6) is 0 Å². The fraction of sp³-hybridized carbons (Fsp3) is 0.667. The average molecular weight is 226 g/mol. The van der Waals surface area contributed by atoms with E-state index in [1.165, 1.54) is 6.39 Å². The van der Waals surface area contributed by atoms with Gasteiger partial charge in [-0.3, -0.25) is 4.79 Å². The third kappa shape index (κ3) is 2.84. The van der Waals surface area contributed by atoms with Crippen LogP contribution in [-0.2, 0) is 11.3 Å². The van der Waals surface area contributed by atoms with E-state index < -0.39 is 0 Å². The van der Waals surface area contributed by atoms with Crippen LogP contribution in [0, 0.1) is 0 Å². The number of amides is 1. The lowest BCUT2D eigenvalue weighted by molar-refractivity contribution is -0.132. The predicted octanol–water partition coefficient (Wildman–Crippen LogP) is 2.80. The molecular formula is C12H22N2O2. The first-order chi connectivity index (χ1) is 7.70. The van der Waals surface area contributed by atoms with Gasteiger partial charge in [-0.2, -0.15) is 0 Å². The van der Waals surface area contributed by atoms with E-state index in [-0.39, 0.29) is 11.8 Å². The highest BCUT2D eigenvalue weighted by atomic mass is 16.3. The van der Waals surface area contributed by atoms with Gasteiger partial charge in [0.15, 0.2) is 6.39 Å². The van der Waals surface area contributed by atoms with Gasteiger partial charge < -0.3 is 9.32 Å². The van der Waals surface area contributed by atoms with E-state index in [4.69, 9.17) is 4.42 Å². The average Bonchev–Trinajstić information content (AvgIpc) is 2.79. The first-order valence-corrected chi connectivity index (χ1v) is 5.87. The van der Waals surface area contributed by atoms with Gasteiger partial charge in [0.1, 0.15) is 5.76 Å². The molecule has 1 atom stereocenters. The molecule has 0 saturated carbocycles. The molecule has 0 aromatic carbocycles. The van der Waals surface area contributed by atoms with Crippen molar-refractivity contribution in [3.8, 4) is 0 Å². The van der Waals surface area contributed by atoms with Crippen LogP contribution in [0.15, 0.2) is 10.8 Å². The normalized spacial score (nSPS) is 17.8. The molecule has 1 aromatic heterocycles. The molecule has 1 aliphatic rings. The fourth-order valence-electron chi connectivity index (χ4n) is 1.49. The summed E-state index contributed by atoms with van der Waals surface area (Å²) in [6.07, 6.45) is 1.40. The van der Waals surface area contributed by atoms with Crippen LogP contribution in [0.4, 0.5) is 0 Å². The van der Waals surface area contributed by atoms with Crippen LogP contribution < -0.4 is 0 Å². The van der Waals surface area contributed by atoms with Crippen molar-refractivity contribution in [2.75, 3.05) is 7.05 Å². The van der Waals surface area contributed by atoms with Crippen LogP contribution in [0.3, 0.4) is 0 Å². The number of nitrogens with zero attached hydrogens (tertiary/aromatic N) is 2. The minimum absolute atomic E-state index is 0.108. The summed E-state index contributed by atoms with van der Waals surface area (Å²) in [5, 5.41) is 0. The highest BCUT2D eigenvalue weighted by Crippen LogP contribution is 2.26. The highest BCUT2D eigenvalue weighted by Gasteiger charge is 2.30. The summed E-state index contributed by atoms with van der Waals surface area (Å²) in [6.45, 7) is 10.4. The smallest absolute Gasteiger partial charge is 0.231 e. The molecule has 1 aromatic rings. The molecule has 0 saturated heterocycles. The molecule has 2 heterocycles. The van der Waals surface area contributed by atoms with E-state index >= 15 is 0 Å². The number of aromatic nitrogens is 1. The molecule has 92 valence electrons. The summed E-state index contributed by atoms with van der Waals surface area (Å²) in [7, 11) is 1.77. The summed E-state index contributed by atoms with van der Waals surface area (Å²) >= 11 is 0. The van der Waals surface area contributed by atoms with Gasteiger partial charge in [-0.05, 0) is 6.92 Å². The topological polar surface area (TPSA) is 46.3 Å². The van der Waals surface area contributed by atoms with Gasteiger partial charge in [-0.1, -0.05) is 27.7 Å². The second kappa shape index (κ2) is 7.04. The molecule has 1 unspecified atom stereocenters. The van der Waals surface area contributed by atoms with Gasteiger partial charge in [0.2, 0.25) is 5.91 Å². The summed E-state index contributed by atoms with van der Waals surface area (Å²) in [5.74, 6) is 0.763. The maximum Gasteiger partial charge on any atom is 0.231 e. The van der Waals surface area contributed by atoms with Crippen molar-refractivity contribution in [2.24, 2.45) is 0 Å². The second-order valence-electron chi connectivity index (χ2n) is 3.08. The second-order valence-corrected chi connectivity index (χ2v) is 3.08. The number of fused-ring (bicyclic) bond motifs is 1. The number of carbonyl (C=O) groups excluding carboxylic acids is 1. The van der Waals surface area contributed by atoms with Crippen molar-refractivity contribution in [3.63, 3.8) is 0 Å². The minimum Gasteiger partial charge on any atom is -0.446 e. The van der Waals surface area contributed by atoms with Gasteiger partial charge >= 0.3 is 0 Å². The van der Waals surface area contributed by atoms with Gasteiger partial charge in [0.25, 0.3) is 0 Å². The van der Waals surface area contributed by atoms with Gasteiger partial charge in [-0.15, -0.1) is 0 Å². The first kappa shape index (κ1) is 14.7. The molecule has 1 aliphatic heterocycles. The van der Waals surface area contributed by atoms with Crippen LogP contribution in [-0.4, -0.2) is 22.8 Å². The zero-order chi connectivity index (χ0) is 12.7. The van der Waals surface area contributed by atoms with Crippen molar-refractivity contribution < 1.29 is 9.21 Å². The van der Waals surface area contributed by atoms with Crippen LogP contribution in [0.1, 0.15) is 52.0 Å². The Hall–Kier alpha value is -1.32. The van der Waals surface area contributed by atoms with E-state index in [0.29, 0.717) is 6.54 Å². The molecule has 0 bridgehead atoms. The number of hydrogen-bond acceptors (Lipinski definition) is 3. The molecular weight excluding hydrogens is 204 g/mol. The Labute approximate surface area is 97.7 Å². The fourth-order valence-corrected chi connectivity index (χ4v) is 1.49. The van der Waals surface area contributed by atoms with E-state index in [1.54, 1.807) is 11.9 Å². The monoisotopic (exact) mass is 226 g/mol. The van der Waals surface area contributed by atoms with E-state index in [1.807, 2.05) is 34.6 Å². The molecule has 4 nitrogen and oxygen atoms in total. The van der Waals surface area contributed by atoms with Crippen LogP contribution in [0.2, 0.25) is 0 Å². The van der Waals surface area contributed by atoms with E-state index in [9.17, 15) is 4.79 Å². The summed E-state index contributed by atoms with van der Waals surface area (Å²) in [6, 6.07) is 0. The molecule has 2 rings (SSSR count). The van der Waals surface area contributed by atoms with Crippen molar-refractivity contribution in [3.05, 3.63) is 17.8 Å². The maximum atomic E-state index is 11.4. The zero-order valence-corrected chi connectivity index (χ0v) is 11.1. The molecule has 1 amide bonds. The maximum absolute atomic E-state index is 11.4. The summed E-state index contributed by atoms with van der Waals surface area (Å²) in [4.78, 5) is 17.1. The molecule has 0 radical (unpaired) electrons. The summed E-state index contributed by atoms with van der Waals surface area (Å²) in [5.41, 5.74) is 0.790. The Morgan fingerprint density at radius 3 is 2.50 bits per heavy atom. The third-order valence-electron chi connectivity index (χ3n) is 2.21. The Kier molecular flexibility index (Phi) is 6.46. The molecule has 0 aliphatic carbocycles. The van der Waals surface area contributed by atoms with Crippen molar-refractivity contribution in [1.82, 2.24) is 9.88 Å². The van der Waals surface area contributed by atoms with Crippen molar-refractivity contribution in [1.29, 1.82) is 0 Å². The van der Waals surface area contributed by atoms with E-state index in [2.05, 4.69) is 4.98 Å². The number of oxazole rings is 1. The number of likely N-dealkylation sites (N-methyl/N-ethyl adjacent to an activating group) is 1. The van der Waals surface area contributed by atoms with Gasteiger partial charge in [0.05, 0.1) is 18.2 Å². The molecule has 0 N–H and O–H groups in total. The van der Waals surface area contributed by atoms with Crippen LogP contribution in [0.25, 0.3) is 0 Å². The zero-order valence-electron chi connectivity index (χ0n) is 11.1. The van der Waals surface area contributed by atoms with E-state index in [0.717, 1.165) is 11.5 Å². The van der Waals surface area contributed by atoms with Gasteiger partial charge in [0, 0.05) is 7.05 Å². The number of rotatable bonds is 0. The summed E-state index contributed by atoms with van der Waals surface area (Å²) < 4.78 is 5.14. The third-order valence-corrected chi connectivity index (χ3v) is 2.21. The van der Waals surface area contributed by atoms with Crippen molar-refractivity contribution in [2.45, 2.75) is 47.1 Å². The predicted molar refractivity (Wildman–Crippen MR) is 64.1 cm³/mol. The lowest BCUT2D eigenvalue weighted by atomic mass is 10.0. The molecule has 0 fully saturated rings. The molecule has 0 spiro atoms. The number of hydrogen-bond donors (Lipinski definition) is 0. The quantitative estimate of drug-likeness (QED) is 0.683. The Morgan fingerprint density at radius 1 is 1.38 bits per heavy atom. The highest BCUT2D eigenvalue weighted by molar-refractivity contribution is 5.84. The molecule has 16 heavy (non-hydrogen) atoms. The lowest BCUT2D eigenvalue weighted by Crippen LogP contribution is -2.34. The first-order valence-electron chi connectivity index (χ1n) is 5.87. The molecule has 4 heteroatoms.